The van der Waals surface area contributed by atoms with E-state index in [9.17, 15) is 14.7 Å². The topological polar surface area (TPSA) is 126 Å². The van der Waals surface area contributed by atoms with Crippen LogP contribution in [-0.4, -0.2) is 47.2 Å². The Hall–Kier alpha value is -3.65. The minimum atomic E-state index is -1.02. The number of aliphatic imine (C=N–C) groups is 1. The highest BCUT2D eigenvalue weighted by molar-refractivity contribution is 5.87. The number of hydrogen-bond acceptors (Lipinski definition) is 4. The van der Waals surface area contributed by atoms with Crippen molar-refractivity contribution in [3.8, 4) is 11.1 Å². The van der Waals surface area contributed by atoms with Crippen molar-refractivity contribution in [2.24, 2.45) is 10.7 Å². The maximum atomic E-state index is 12.0. The highest BCUT2D eigenvalue weighted by atomic mass is 16.5. The molecule has 0 saturated carbocycles. The number of guanidine groups is 1. The predicted octanol–water partition coefficient (Wildman–Crippen LogP) is 3.62. The summed E-state index contributed by atoms with van der Waals surface area (Å²) in [7, 11) is 0. The van der Waals surface area contributed by atoms with Crippen LogP contribution < -0.4 is 16.4 Å². The molecule has 0 aromatic heterocycles. The zero-order chi connectivity index (χ0) is 26.1. The van der Waals surface area contributed by atoms with Crippen LogP contribution in [0.5, 0.6) is 0 Å². The second-order valence-electron chi connectivity index (χ2n) is 8.98. The van der Waals surface area contributed by atoms with E-state index < -0.39 is 24.2 Å². The smallest absolute Gasteiger partial charge is 0.331 e. The van der Waals surface area contributed by atoms with Crippen molar-refractivity contribution in [2.75, 3.05) is 0 Å². The minimum absolute atomic E-state index is 0.0545. The molecule has 8 nitrogen and oxygen atoms in total. The first kappa shape index (κ1) is 26.9. The summed E-state index contributed by atoms with van der Waals surface area (Å²) in [5.74, 6) is -1.07. The lowest BCUT2D eigenvalue weighted by Crippen LogP contribution is -2.60. The lowest BCUT2D eigenvalue weighted by Gasteiger charge is -2.38. The average Bonchev–Trinajstić information content (AvgIpc) is 2.88. The maximum absolute atomic E-state index is 12.0. The maximum Gasteiger partial charge on any atom is 0.331 e. The van der Waals surface area contributed by atoms with E-state index in [2.05, 4.69) is 27.8 Å². The van der Waals surface area contributed by atoms with E-state index in [0.717, 1.165) is 29.5 Å². The summed E-state index contributed by atoms with van der Waals surface area (Å²) in [5, 5.41) is 15.7. The Kier molecular flexibility index (Phi) is 9.64. The Labute approximate surface area is 212 Å². The van der Waals surface area contributed by atoms with Crippen molar-refractivity contribution >= 4 is 17.8 Å². The molecule has 2 aromatic carbocycles. The molecule has 3 rings (SSSR count). The molecule has 1 amide bonds. The van der Waals surface area contributed by atoms with Gasteiger partial charge in [0, 0.05) is 18.9 Å². The summed E-state index contributed by atoms with van der Waals surface area (Å²) in [6.45, 7) is 5.82. The average molecular weight is 493 g/mol. The van der Waals surface area contributed by atoms with E-state index in [1.54, 1.807) is 6.08 Å². The third kappa shape index (κ3) is 7.42. The van der Waals surface area contributed by atoms with Crippen molar-refractivity contribution in [3.63, 3.8) is 0 Å². The standard InChI is InChI=1S/C28H36N4O4/c1-4-23(5-2)36-25-16-22(27(34)35)15-24(26(25)31-18(3)33)32-28(29)30-17-19-11-13-21(14-12-19)20-9-7-6-8-10-20/h6-14,16,23-26H,4-5,15,17H2,1-3H3,(H,31,33)(H,34,35)(H3,29,30,32)/t24-,25+,26+/m0/s1. The van der Waals surface area contributed by atoms with E-state index in [1.165, 1.54) is 6.92 Å². The Morgan fingerprint density at radius 3 is 2.28 bits per heavy atom. The van der Waals surface area contributed by atoms with Gasteiger partial charge in [0.1, 0.15) is 0 Å². The largest absolute Gasteiger partial charge is 0.478 e. The van der Waals surface area contributed by atoms with Gasteiger partial charge in [-0.15, -0.1) is 0 Å². The third-order valence-electron chi connectivity index (χ3n) is 6.32. The summed E-state index contributed by atoms with van der Waals surface area (Å²) >= 11 is 0. The van der Waals surface area contributed by atoms with Crippen LogP contribution in [0.15, 0.2) is 71.2 Å². The van der Waals surface area contributed by atoms with Gasteiger partial charge >= 0.3 is 5.97 Å². The van der Waals surface area contributed by atoms with Gasteiger partial charge in [0.15, 0.2) is 5.96 Å². The number of aliphatic carboxylic acids is 1. The molecule has 2 aromatic rings. The summed E-state index contributed by atoms with van der Waals surface area (Å²) in [4.78, 5) is 28.3. The number of nitrogens with one attached hydrogen (secondary N) is 2. The summed E-state index contributed by atoms with van der Waals surface area (Å²) < 4.78 is 6.20. The van der Waals surface area contributed by atoms with E-state index >= 15 is 0 Å². The van der Waals surface area contributed by atoms with E-state index in [4.69, 9.17) is 10.5 Å². The Balaban J connectivity index is 1.74. The molecule has 0 saturated heterocycles. The number of carboxylic acid groups (broad SMARTS) is 1. The number of nitrogens with zero attached hydrogens (tertiary/aromatic N) is 1. The number of carbonyl (C=O) groups is 2. The van der Waals surface area contributed by atoms with Gasteiger partial charge in [0.05, 0.1) is 30.8 Å². The quantitative estimate of drug-likeness (QED) is 0.296. The van der Waals surface area contributed by atoms with Crippen molar-refractivity contribution in [1.29, 1.82) is 0 Å². The molecule has 0 aliphatic heterocycles. The van der Waals surface area contributed by atoms with Crippen molar-refractivity contribution in [2.45, 2.75) is 70.9 Å². The summed E-state index contributed by atoms with van der Waals surface area (Å²) in [6.07, 6.45) is 2.67. The lowest BCUT2D eigenvalue weighted by molar-refractivity contribution is -0.133. The van der Waals surface area contributed by atoms with Gasteiger partial charge in [0.25, 0.3) is 0 Å². The van der Waals surface area contributed by atoms with Crippen LogP contribution in [0.2, 0.25) is 0 Å². The Bertz CT molecular complexity index is 1080. The number of carboxylic acids is 1. The molecule has 0 fully saturated rings. The van der Waals surface area contributed by atoms with Gasteiger partial charge in [0.2, 0.25) is 5.91 Å². The van der Waals surface area contributed by atoms with Gasteiger partial charge in [-0.1, -0.05) is 68.4 Å². The fourth-order valence-electron chi connectivity index (χ4n) is 4.35. The molecular weight excluding hydrogens is 456 g/mol. The minimum Gasteiger partial charge on any atom is -0.478 e. The SMILES string of the molecule is CCC(CC)O[C@@H]1C=C(C(=O)O)C[C@H](N/C(N)=N\Cc2ccc(-c3ccccc3)cc2)[C@H]1NC(C)=O. The fourth-order valence-corrected chi connectivity index (χ4v) is 4.35. The van der Waals surface area contributed by atoms with Crippen LogP contribution in [-0.2, 0) is 20.9 Å². The normalized spacial score (nSPS) is 20.1. The van der Waals surface area contributed by atoms with Crippen LogP contribution in [0.4, 0.5) is 0 Å². The van der Waals surface area contributed by atoms with Gasteiger partial charge < -0.3 is 26.2 Å². The van der Waals surface area contributed by atoms with Gasteiger partial charge in [-0.3, -0.25) is 4.79 Å². The monoisotopic (exact) mass is 492 g/mol. The number of carbonyl (C=O) groups excluding carboxylic acids is 1. The molecule has 36 heavy (non-hydrogen) atoms. The number of benzene rings is 2. The zero-order valence-electron chi connectivity index (χ0n) is 21.1. The second-order valence-corrected chi connectivity index (χ2v) is 8.98. The van der Waals surface area contributed by atoms with Crippen LogP contribution in [0.3, 0.4) is 0 Å². The van der Waals surface area contributed by atoms with Crippen molar-refractivity contribution in [3.05, 3.63) is 71.8 Å². The molecule has 0 radical (unpaired) electrons. The third-order valence-corrected chi connectivity index (χ3v) is 6.32. The first-order valence-corrected chi connectivity index (χ1v) is 12.4. The Morgan fingerprint density at radius 2 is 1.69 bits per heavy atom. The van der Waals surface area contributed by atoms with Crippen LogP contribution in [0.25, 0.3) is 11.1 Å². The number of nitrogens with two attached hydrogens (primary N) is 1. The van der Waals surface area contributed by atoms with E-state index in [0.29, 0.717) is 6.54 Å². The zero-order valence-corrected chi connectivity index (χ0v) is 21.1. The number of amides is 1. The van der Waals surface area contributed by atoms with E-state index in [-0.39, 0.29) is 30.0 Å². The van der Waals surface area contributed by atoms with Gasteiger partial charge in [-0.25, -0.2) is 9.79 Å². The molecular formula is C28H36N4O4. The number of ether oxygens (including phenoxy) is 1. The number of rotatable bonds is 10. The lowest BCUT2D eigenvalue weighted by atomic mass is 9.87. The molecule has 5 N–H and O–H groups in total. The van der Waals surface area contributed by atoms with Gasteiger partial charge in [-0.05, 0) is 35.6 Å². The Morgan fingerprint density at radius 1 is 1.06 bits per heavy atom. The predicted molar refractivity (Wildman–Crippen MR) is 141 cm³/mol. The van der Waals surface area contributed by atoms with Crippen molar-refractivity contribution < 1.29 is 19.4 Å². The summed E-state index contributed by atoms with van der Waals surface area (Å²) in [5.41, 5.74) is 9.67. The molecule has 192 valence electrons. The molecule has 0 bridgehead atoms. The van der Waals surface area contributed by atoms with Crippen LogP contribution >= 0.6 is 0 Å². The summed E-state index contributed by atoms with van der Waals surface area (Å²) in [6, 6.07) is 17.2. The van der Waals surface area contributed by atoms with Gasteiger partial charge in [-0.2, -0.15) is 0 Å². The molecule has 8 heteroatoms. The van der Waals surface area contributed by atoms with Crippen LogP contribution in [0.1, 0.15) is 45.6 Å². The first-order valence-electron chi connectivity index (χ1n) is 12.4. The highest BCUT2D eigenvalue weighted by Gasteiger charge is 2.37. The molecule has 0 unspecified atom stereocenters. The molecule has 1 aliphatic rings. The number of hydrogen-bond donors (Lipinski definition) is 4. The van der Waals surface area contributed by atoms with Crippen LogP contribution in [0, 0.1) is 0 Å². The van der Waals surface area contributed by atoms with E-state index in [1.807, 2.05) is 56.3 Å². The fraction of sp³-hybridized carbons (Fsp3) is 0.393. The molecule has 3 atom stereocenters. The molecule has 0 heterocycles. The molecule has 1 aliphatic carbocycles. The van der Waals surface area contributed by atoms with Crippen molar-refractivity contribution in [1.82, 2.24) is 10.6 Å². The highest BCUT2D eigenvalue weighted by Crippen LogP contribution is 2.25. The first-order chi connectivity index (χ1) is 17.3. The molecule has 0 spiro atoms. The second kappa shape index (κ2) is 12.9.